The van der Waals surface area contributed by atoms with Crippen molar-refractivity contribution in [2.24, 2.45) is 0 Å². The van der Waals surface area contributed by atoms with Gasteiger partial charge in [0.05, 0.1) is 11.6 Å². The first-order chi connectivity index (χ1) is 12.5. The van der Waals surface area contributed by atoms with Crippen LogP contribution in [0, 0.1) is 23.0 Å². The maximum Gasteiger partial charge on any atom is 0.259 e. The predicted octanol–water partition coefficient (Wildman–Crippen LogP) is 2.75. The van der Waals surface area contributed by atoms with E-state index in [-0.39, 0.29) is 11.6 Å². The zero-order chi connectivity index (χ0) is 18.7. The molecule has 0 saturated carbocycles. The third-order valence-electron chi connectivity index (χ3n) is 4.70. The van der Waals surface area contributed by atoms with Gasteiger partial charge in [0.15, 0.2) is 0 Å². The van der Waals surface area contributed by atoms with Gasteiger partial charge in [-0.1, -0.05) is 6.07 Å². The van der Waals surface area contributed by atoms with Gasteiger partial charge in [0.25, 0.3) is 5.91 Å². The first kappa shape index (κ1) is 18.0. The van der Waals surface area contributed by atoms with Crippen molar-refractivity contribution in [3.63, 3.8) is 0 Å². The SMILES string of the molecule is CC(c1cccnc1)N1CCN(C(=O)c2c(F)cc(C#N)cc2F)CC1. The average Bonchev–Trinajstić information content (AvgIpc) is 2.67. The molecule has 1 aliphatic heterocycles. The Labute approximate surface area is 150 Å². The fourth-order valence-electron chi connectivity index (χ4n) is 3.15. The number of nitriles is 1. The summed E-state index contributed by atoms with van der Waals surface area (Å²) in [5.74, 6) is -2.69. The van der Waals surface area contributed by atoms with Crippen molar-refractivity contribution in [2.45, 2.75) is 13.0 Å². The zero-order valence-corrected chi connectivity index (χ0v) is 14.3. The van der Waals surface area contributed by atoms with Crippen LogP contribution in [-0.2, 0) is 0 Å². The Morgan fingerprint density at radius 1 is 1.23 bits per heavy atom. The van der Waals surface area contributed by atoms with Crippen molar-refractivity contribution in [3.05, 3.63) is 65.0 Å². The van der Waals surface area contributed by atoms with E-state index in [2.05, 4.69) is 16.8 Å². The summed E-state index contributed by atoms with van der Waals surface area (Å²) in [4.78, 5) is 20.3. The third kappa shape index (κ3) is 3.55. The Morgan fingerprint density at radius 3 is 2.42 bits per heavy atom. The second-order valence-corrected chi connectivity index (χ2v) is 6.22. The van der Waals surface area contributed by atoms with Crippen LogP contribution in [0.2, 0.25) is 0 Å². The molecule has 0 bridgehead atoms. The van der Waals surface area contributed by atoms with Gasteiger partial charge in [0.2, 0.25) is 0 Å². The van der Waals surface area contributed by atoms with E-state index in [9.17, 15) is 13.6 Å². The number of rotatable bonds is 3. The molecule has 1 aliphatic rings. The van der Waals surface area contributed by atoms with E-state index in [1.165, 1.54) is 4.90 Å². The fraction of sp³-hybridized carbons (Fsp3) is 0.316. The number of hydrogen-bond donors (Lipinski definition) is 0. The summed E-state index contributed by atoms with van der Waals surface area (Å²) in [5.41, 5.74) is 0.334. The molecular formula is C19H18F2N4O. The van der Waals surface area contributed by atoms with E-state index >= 15 is 0 Å². The van der Waals surface area contributed by atoms with Gasteiger partial charge in [0.1, 0.15) is 17.2 Å². The standard InChI is InChI=1S/C19H18F2N4O/c1-13(15-3-2-4-23-12-15)24-5-7-25(8-6-24)19(26)18-16(20)9-14(11-22)10-17(18)21/h2-4,9-10,12-13H,5-8H2,1H3. The first-order valence-corrected chi connectivity index (χ1v) is 8.33. The third-order valence-corrected chi connectivity index (χ3v) is 4.70. The minimum Gasteiger partial charge on any atom is -0.336 e. The second-order valence-electron chi connectivity index (χ2n) is 6.22. The molecule has 0 aliphatic carbocycles. The molecule has 1 atom stereocenters. The molecular weight excluding hydrogens is 338 g/mol. The largest absolute Gasteiger partial charge is 0.336 e. The van der Waals surface area contributed by atoms with E-state index in [1.54, 1.807) is 12.3 Å². The number of hydrogen-bond acceptors (Lipinski definition) is 4. The predicted molar refractivity (Wildman–Crippen MR) is 91.2 cm³/mol. The molecule has 7 heteroatoms. The number of nitrogens with zero attached hydrogens (tertiary/aromatic N) is 4. The first-order valence-electron chi connectivity index (χ1n) is 8.33. The molecule has 0 spiro atoms. The molecule has 1 unspecified atom stereocenters. The van der Waals surface area contributed by atoms with Gasteiger partial charge in [-0.2, -0.15) is 5.26 Å². The number of carbonyl (C=O) groups is 1. The van der Waals surface area contributed by atoms with Gasteiger partial charge in [-0.3, -0.25) is 14.7 Å². The molecule has 0 N–H and O–H groups in total. The number of piperazine rings is 1. The highest BCUT2D eigenvalue weighted by Gasteiger charge is 2.28. The summed E-state index contributed by atoms with van der Waals surface area (Å²) in [6, 6.07) is 7.46. The van der Waals surface area contributed by atoms with Crippen LogP contribution in [0.1, 0.15) is 34.5 Å². The van der Waals surface area contributed by atoms with Gasteiger partial charge in [-0.15, -0.1) is 0 Å². The summed E-state index contributed by atoms with van der Waals surface area (Å²) in [7, 11) is 0. The minimum absolute atomic E-state index is 0.143. The van der Waals surface area contributed by atoms with E-state index in [0.29, 0.717) is 26.2 Å². The summed E-state index contributed by atoms with van der Waals surface area (Å²) < 4.78 is 28.1. The molecule has 1 aromatic carbocycles. The number of aromatic nitrogens is 1. The van der Waals surface area contributed by atoms with E-state index in [0.717, 1.165) is 17.7 Å². The van der Waals surface area contributed by atoms with Crippen LogP contribution >= 0.6 is 0 Å². The molecule has 1 fully saturated rings. The maximum absolute atomic E-state index is 14.1. The highest BCUT2D eigenvalue weighted by atomic mass is 19.1. The summed E-state index contributed by atoms with van der Waals surface area (Å²) in [6.45, 7) is 4.02. The Hall–Kier alpha value is -2.85. The number of benzene rings is 1. The second kappa shape index (κ2) is 7.58. The summed E-state index contributed by atoms with van der Waals surface area (Å²) >= 11 is 0. The molecule has 26 heavy (non-hydrogen) atoms. The summed E-state index contributed by atoms with van der Waals surface area (Å²) in [5, 5.41) is 8.75. The van der Waals surface area contributed by atoms with Crippen molar-refractivity contribution < 1.29 is 13.6 Å². The van der Waals surface area contributed by atoms with Crippen LogP contribution in [0.15, 0.2) is 36.7 Å². The normalized spacial score (nSPS) is 16.2. The Morgan fingerprint density at radius 2 is 1.88 bits per heavy atom. The van der Waals surface area contributed by atoms with Crippen LogP contribution in [0.5, 0.6) is 0 Å². The molecule has 134 valence electrons. The molecule has 1 amide bonds. The molecule has 5 nitrogen and oxygen atoms in total. The Bertz CT molecular complexity index is 819. The van der Waals surface area contributed by atoms with Gasteiger partial charge < -0.3 is 4.90 Å². The van der Waals surface area contributed by atoms with Crippen molar-refractivity contribution in [2.75, 3.05) is 26.2 Å². The smallest absolute Gasteiger partial charge is 0.259 e. The Kier molecular flexibility index (Phi) is 5.24. The van der Waals surface area contributed by atoms with Crippen LogP contribution < -0.4 is 0 Å². The Balaban J connectivity index is 1.69. The van der Waals surface area contributed by atoms with Crippen LogP contribution in [0.4, 0.5) is 8.78 Å². The highest BCUT2D eigenvalue weighted by molar-refractivity contribution is 5.95. The number of carbonyl (C=O) groups excluding carboxylic acids is 1. The van der Waals surface area contributed by atoms with E-state index in [1.807, 2.05) is 18.3 Å². The number of halogens is 2. The lowest BCUT2D eigenvalue weighted by molar-refractivity contribution is 0.0573. The molecule has 1 aromatic heterocycles. The average molecular weight is 356 g/mol. The highest BCUT2D eigenvalue weighted by Crippen LogP contribution is 2.23. The van der Waals surface area contributed by atoms with Gasteiger partial charge in [-0.25, -0.2) is 8.78 Å². The monoisotopic (exact) mass is 356 g/mol. The van der Waals surface area contributed by atoms with Crippen LogP contribution in [0.25, 0.3) is 0 Å². The molecule has 1 saturated heterocycles. The topological polar surface area (TPSA) is 60.2 Å². The fourth-order valence-corrected chi connectivity index (χ4v) is 3.15. The van der Waals surface area contributed by atoms with Crippen molar-refractivity contribution in [1.82, 2.24) is 14.8 Å². The zero-order valence-electron chi connectivity index (χ0n) is 14.3. The van der Waals surface area contributed by atoms with Gasteiger partial charge in [-0.05, 0) is 30.7 Å². The molecule has 2 aromatic rings. The molecule has 2 heterocycles. The van der Waals surface area contributed by atoms with Crippen molar-refractivity contribution in [3.8, 4) is 6.07 Å². The lowest BCUT2D eigenvalue weighted by Gasteiger charge is -2.38. The van der Waals surface area contributed by atoms with E-state index in [4.69, 9.17) is 5.26 Å². The van der Waals surface area contributed by atoms with Crippen molar-refractivity contribution >= 4 is 5.91 Å². The minimum atomic E-state index is -1.00. The van der Waals surface area contributed by atoms with Gasteiger partial charge in [0, 0.05) is 44.6 Å². The molecule has 0 radical (unpaired) electrons. The maximum atomic E-state index is 14.1. The van der Waals surface area contributed by atoms with E-state index < -0.39 is 23.1 Å². The number of pyridine rings is 1. The lowest BCUT2D eigenvalue weighted by Crippen LogP contribution is -2.49. The quantitative estimate of drug-likeness (QED) is 0.848. The number of amides is 1. The van der Waals surface area contributed by atoms with Crippen molar-refractivity contribution in [1.29, 1.82) is 5.26 Å². The van der Waals surface area contributed by atoms with Gasteiger partial charge >= 0.3 is 0 Å². The molecule has 3 rings (SSSR count). The summed E-state index contributed by atoms with van der Waals surface area (Å²) in [6.07, 6.45) is 3.52. The van der Waals surface area contributed by atoms with Crippen LogP contribution in [-0.4, -0.2) is 46.9 Å². The van der Waals surface area contributed by atoms with Crippen LogP contribution in [0.3, 0.4) is 0 Å². The lowest BCUT2D eigenvalue weighted by atomic mass is 10.1.